The molecule has 0 unspecified atom stereocenters. The van der Waals surface area contributed by atoms with Crippen molar-refractivity contribution in [2.75, 3.05) is 12.3 Å². The van der Waals surface area contributed by atoms with Crippen LogP contribution >= 0.6 is 23.1 Å². The second-order valence-electron chi connectivity index (χ2n) is 6.45. The summed E-state index contributed by atoms with van der Waals surface area (Å²) in [6.45, 7) is 0.603. The molecular weight excluding hydrogens is 419 g/mol. The Morgan fingerprint density at radius 1 is 1.03 bits per heavy atom. The fraction of sp³-hybridized carbons (Fsp3) is 0.136. The summed E-state index contributed by atoms with van der Waals surface area (Å²) in [6, 6.07) is 19.9. The largest absolute Gasteiger partial charge is 0.355 e. The summed E-state index contributed by atoms with van der Waals surface area (Å²) in [5, 5.41) is 14.2. The van der Waals surface area contributed by atoms with Crippen molar-refractivity contribution in [1.29, 1.82) is 0 Å². The number of carbonyl (C=O) groups is 1. The van der Waals surface area contributed by atoms with E-state index in [1.54, 1.807) is 23.5 Å². The number of hydrogen-bond acceptors (Lipinski definition) is 5. The quantitative estimate of drug-likeness (QED) is 0.409. The van der Waals surface area contributed by atoms with Gasteiger partial charge in [0.25, 0.3) is 0 Å². The maximum atomic E-state index is 13.3. The SMILES string of the molecule is O=C(CSc1nnc(-c2ccc(F)cc2)n1-c1ccccc1)NCCc1cccs1. The van der Waals surface area contributed by atoms with Gasteiger partial charge in [0.1, 0.15) is 5.82 Å². The predicted octanol–water partition coefficient (Wildman–Crippen LogP) is 4.59. The molecule has 4 rings (SSSR count). The number of nitrogens with zero attached hydrogens (tertiary/aromatic N) is 3. The molecule has 2 aromatic heterocycles. The van der Waals surface area contributed by atoms with E-state index in [4.69, 9.17) is 0 Å². The zero-order valence-corrected chi connectivity index (χ0v) is 17.6. The van der Waals surface area contributed by atoms with Gasteiger partial charge in [0.05, 0.1) is 5.75 Å². The van der Waals surface area contributed by atoms with Crippen molar-refractivity contribution in [1.82, 2.24) is 20.1 Å². The molecule has 0 saturated carbocycles. The van der Waals surface area contributed by atoms with Crippen LogP contribution in [0.5, 0.6) is 0 Å². The Kier molecular flexibility index (Phi) is 6.56. The van der Waals surface area contributed by atoms with Gasteiger partial charge < -0.3 is 5.32 Å². The smallest absolute Gasteiger partial charge is 0.230 e. The van der Waals surface area contributed by atoms with Crippen LogP contribution < -0.4 is 5.32 Å². The third-order valence-electron chi connectivity index (χ3n) is 4.36. The number of amides is 1. The average molecular weight is 439 g/mol. The molecule has 1 N–H and O–H groups in total. The molecule has 0 saturated heterocycles. The average Bonchev–Trinajstić information content (AvgIpc) is 3.43. The van der Waals surface area contributed by atoms with Crippen LogP contribution in [0, 0.1) is 5.82 Å². The third-order valence-corrected chi connectivity index (χ3v) is 6.22. The Morgan fingerprint density at radius 2 is 1.83 bits per heavy atom. The molecule has 152 valence electrons. The van der Waals surface area contributed by atoms with Crippen molar-refractivity contribution >= 4 is 29.0 Å². The summed E-state index contributed by atoms with van der Waals surface area (Å²) in [5.74, 6) is 0.474. The van der Waals surface area contributed by atoms with E-state index in [1.165, 1.54) is 28.8 Å². The van der Waals surface area contributed by atoms with Crippen LogP contribution in [-0.4, -0.2) is 33.0 Å². The molecule has 0 bridgehead atoms. The van der Waals surface area contributed by atoms with E-state index in [2.05, 4.69) is 21.6 Å². The van der Waals surface area contributed by atoms with Crippen LogP contribution in [0.4, 0.5) is 4.39 Å². The molecule has 0 radical (unpaired) electrons. The second kappa shape index (κ2) is 9.69. The van der Waals surface area contributed by atoms with Gasteiger partial charge in [-0.3, -0.25) is 9.36 Å². The number of benzene rings is 2. The van der Waals surface area contributed by atoms with Crippen LogP contribution in [-0.2, 0) is 11.2 Å². The number of aromatic nitrogens is 3. The lowest BCUT2D eigenvalue weighted by atomic mass is 10.2. The number of carbonyl (C=O) groups excluding carboxylic acids is 1. The lowest BCUT2D eigenvalue weighted by molar-refractivity contribution is -0.118. The molecule has 30 heavy (non-hydrogen) atoms. The monoisotopic (exact) mass is 438 g/mol. The van der Waals surface area contributed by atoms with Gasteiger partial charge >= 0.3 is 0 Å². The van der Waals surface area contributed by atoms with Crippen LogP contribution in [0.2, 0.25) is 0 Å². The zero-order chi connectivity index (χ0) is 20.8. The van der Waals surface area contributed by atoms with E-state index in [1.807, 2.05) is 46.3 Å². The lowest BCUT2D eigenvalue weighted by Crippen LogP contribution is -2.27. The van der Waals surface area contributed by atoms with Crippen LogP contribution in [0.3, 0.4) is 0 Å². The minimum atomic E-state index is -0.307. The van der Waals surface area contributed by atoms with Gasteiger partial charge in [-0.25, -0.2) is 4.39 Å². The summed E-state index contributed by atoms with van der Waals surface area (Å²) in [5.41, 5.74) is 1.63. The molecule has 2 heterocycles. The van der Waals surface area contributed by atoms with Crippen molar-refractivity contribution in [2.24, 2.45) is 0 Å². The molecule has 0 aliphatic rings. The summed E-state index contributed by atoms with van der Waals surface area (Å²) < 4.78 is 15.2. The standard InChI is InChI=1S/C22H19FN4OS2/c23-17-10-8-16(9-11-17)21-25-26-22(27(21)18-5-2-1-3-6-18)30-15-20(28)24-13-12-19-7-4-14-29-19/h1-11,14H,12-13,15H2,(H,24,28). The number of halogens is 1. The minimum absolute atomic E-state index is 0.0532. The Bertz CT molecular complexity index is 1100. The summed E-state index contributed by atoms with van der Waals surface area (Å²) in [6.07, 6.45) is 0.822. The normalized spacial score (nSPS) is 10.8. The van der Waals surface area contributed by atoms with E-state index < -0.39 is 0 Å². The summed E-state index contributed by atoms with van der Waals surface area (Å²) >= 11 is 3.01. The zero-order valence-electron chi connectivity index (χ0n) is 16.0. The Morgan fingerprint density at radius 3 is 2.57 bits per heavy atom. The van der Waals surface area contributed by atoms with Gasteiger partial charge in [-0.15, -0.1) is 21.5 Å². The fourth-order valence-corrected chi connectivity index (χ4v) is 4.41. The first-order chi connectivity index (χ1) is 14.7. The molecule has 4 aromatic rings. The number of rotatable bonds is 8. The van der Waals surface area contributed by atoms with E-state index in [0.29, 0.717) is 17.5 Å². The second-order valence-corrected chi connectivity index (χ2v) is 8.43. The molecule has 8 heteroatoms. The highest BCUT2D eigenvalue weighted by Gasteiger charge is 2.17. The molecule has 5 nitrogen and oxygen atoms in total. The third kappa shape index (κ3) is 4.95. The number of hydrogen-bond donors (Lipinski definition) is 1. The van der Waals surface area contributed by atoms with Gasteiger partial charge in [-0.1, -0.05) is 36.0 Å². The van der Waals surface area contributed by atoms with Gasteiger partial charge in [0.15, 0.2) is 11.0 Å². The summed E-state index contributed by atoms with van der Waals surface area (Å²) in [4.78, 5) is 13.5. The molecule has 0 atom stereocenters. The van der Waals surface area contributed by atoms with Crippen molar-refractivity contribution in [3.05, 3.63) is 82.8 Å². The number of nitrogens with one attached hydrogen (secondary N) is 1. The van der Waals surface area contributed by atoms with Crippen LogP contribution in [0.1, 0.15) is 4.88 Å². The minimum Gasteiger partial charge on any atom is -0.355 e. The Balaban J connectivity index is 1.48. The molecule has 0 aliphatic carbocycles. The molecule has 1 amide bonds. The van der Waals surface area contributed by atoms with E-state index in [9.17, 15) is 9.18 Å². The van der Waals surface area contributed by atoms with Crippen LogP contribution in [0.25, 0.3) is 17.1 Å². The maximum absolute atomic E-state index is 13.3. The molecule has 0 spiro atoms. The van der Waals surface area contributed by atoms with Crippen LogP contribution in [0.15, 0.2) is 77.3 Å². The number of thiophene rings is 1. The predicted molar refractivity (Wildman–Crippen MR) is 119 cm³/mol. The van der Waals surface area contributed by atoms with Crippen molar-refractivity contribution in [2.45, 2.75) is 11.6 Å². The van der Waals surface area contributed by atoms with Gasteiger partial charge in [-0.2, -0.15) is 0 Å². The number of thioether (sulfide) groups is 1. The first-order valence-electron chi connectivity index (χ1n) is 9.39. The first-order valence-corrected chi connectivity index (χ1v) is 11.3. The highest BCUT2D eigenvalue weighted by atomic mass is 32.2. The maximum Gasteiger partial charge on any atom is 0.230 e. The molecule has 0 aliphatic heterocycles. The fourth-order valence-electron chi connectivity index (χ4n) is 2.92. The molecule has 0 fully saturated rings. The van der Waals surface area contributed by atoms with Gasteiger partial charge in [-0.05, 0) is 54.3 Å². The summed E-state index contributed by atoms with van der Waals surface area (Å²) in [7, 11) is 0. The Hall–Kier alpha value is -2.97. The van der Waals surface area contributed by atoms with Crippen molar-refractivity contribution in [3.63, 3.8) is 0 Å². The van der Waals surface area contributed by atoms with E-state index in [-0.39, 0.29) is 17.5 Å². The van der Waals surface area contributed by atoms with E-state index >= 15 is 0 Å². The first kappa shape index (κ1) is 20.3. The topological polar surface area (TPSA) is 59.8 Å². The number of para-hydroxylation sites is 1. The highest BCUT2D eigenvalue weighted by Crippen LogP contribution is 2.28. The van der Waals surface area contributed by atoms with Gasteiger partial charge in [0.2, 0.25) is 5.91 Å². The molecular formula is C22H19FN4OS2. The Labute approximate surface area is 182 Å². The highest BCUT2D eigenvalue weighted by molar-refractivity contribution is 7.99. The van der Waals surface area contributed by atoms with Crippen molar-refractivity contribution < 1.29 is 9.18 Å². The van der Waals surface area contributed by atoms with Crippen molar-refractivity contribution in [3.8, 4) is 17.1 Å². The van der Waals surface area contributed by atoms with E-state index in [0.717, 1.165) is 17.7 Å². The van der Waals surface area contributed by atoms with Gasteiger partial charge in [0, 0.05) is 22.7 Å². The lowest BCUT2D eigenvalue weighted by Gasteiger charge is -2.10. The molecule has 2 aromatic carbocycles.